The molecule has 4 N–H and O–H groups in total. The van der Waals surface area contributed by atoms with E-state index >= 15 is 0 Å². The number of hydrogen-bond acceptors (Lipinski definition) is 3. The number of benzene rings is 1. The van der Waals surface area contributed by atoms with Crippen molar-refractivity contribution in [1.82, 2.24) is 0 Å². The van der Waals surface area contributed by atoms with Gasteiger partial charge in [0.2, 0.25) is 0 Å². The lowest BCUT2D eigenvalue weighted by atomic mass is 10.0. The van der Waals surface area contributed by atoms with Gasteiger partial charge in [0.1, 0.15) is 17.3 Å². The maximum atomic E-state index is 13.6. The molecule has 0 unspecified atom stereocenters. The van der Waals surface area contributed by atoms with Crippen molar-refractivity contribution in [2.24, 2.45) is 0 Å². The molecule has 0 aliphatic heterocycles. The molecule has 0 fully saturated rings. The van der Waals surface area contributed by atoms with Gasteiger partial charge >= 0.3 is 0 Å². The first-order valence-electron chi connectivity index (χ1n) is 4.82. The molecule has 16 heavy (non-hydrogen) atoms. The first kappa shape index (κ1) is 12.1. The molecule has 0 saturated heterocycles. The minimum Gasteiger partial charge on any atom is -0.508 e. The minimum atomic E-state index is -0.631. The molecule has 0 bridgehead atoms. The summed E-state index contributed by atoms with van der Waals surface area (Å²) in [6, 6.07) is 2.42. The van der Waals surface area contributed by atoms with Crippen LogP contribution in [0.4, 0.5) is 10.1 Å². The summed E-state index contributed by atoms with van der Waals surface area (Å²) in [7, 11) is 0. The van der Waals surface area contributed by atoms with Crippen molar-refractivity contribution in [2.75, 3.05) is 5.73 Å². The van der Waals surface area contributed by atoms with E-state index in [0.29, 0.717) is 0 Å². The molecule has 0 saturated carbocycles. The van der Waals surface area contributed by atoms with Crippen molar-refractivity contribution in [2.45, 2.75) is 13.8 Å². The molecular formula is C12H14FNO2. The third-order valence-electron chi connectivity index (χ3n) is 2.27. The van der Waals surface area contributed by atoms with Gasteiger partial charge in [-0.25, -0.2) is 4.39 Å². The molecule has 3 nitrogen and oxygen atoms in total. The molecule has 0 aromatic heterocycles. The van der Waals surface area contributed by atoms with E-state index < -0.39 is 5.82 Å². The summed E-state index contributed by atoms with van der Waals surface area (Å²) in [5.41, 5.74) is 5.68. The second-order valence-corrected chi connectivity index (χ2v) is 3.24. The highest BCUT2D eigenvalue weighted by atomic mass is 19.1. The van der Waals surface area contributed by atoms with Gasteiger partial charge in [0.15, 0.2) is 0 Å². The topological polar surface area (TPSA) is 66.5 Å². The molecule has 86 valence electrons. The Morgan fingerprint density at radius 3 is 2.44 bits per heavy atom. The summed E-state index contributed by atoms with van der Waals surface area (Å²) < 4.78 is 13.6. The highest BCUT2D eigenvalue weighted by Crippen LogP contribution is 2.35. The lowest BCUT2D eigenvalue weighted by Crippen LogP contribution is -1.97. The number of phenolic OH excluding ortho intramolecular Hbond substituents is 1. The maximum absolute atomic E-state index is 13.6. The van der Waals surface area contributed by atoms with Gasteiger partial charge in [-0.15, -0.1) is 0 Å². The van der Waals surface area contributed by atoms with E-state index in [1.54, 1.807) is 13.8 Å². The number of rotatable bonds is 2. The molecule has 0 amide bonds. The Balaban J connectivity index is 3.48. The fraction of sp³-hybridized carbons (Fsp3) is 0.167. The average molecular weight is 223 g/mol. The van der Waals surface area contributed by atoms with Crippen LogP contribution in [-0.4, -0.2) is 10.2 Å². The van der Waals surface area contributed by atoms with E-state index in [0.717, 1.165) is 6.07 Å². The first-order chi connectivity index (χ1) is 7.52. The number of phenols is 1. The van der Waals surface area contributed by atoms with Crippen LogP contribution in [0.3, 0.4) is 0 Å². The van der Waals surface area contributed by atoms with Gasteiger partial charge in [0.05, 0.1) is 11.3 Å². The van der Waals surface area contributed by atoms with Crippen LogP contribution < -0.4 is 5.73 Å². The number of aliphatic hydroxyl groups is 1. The normalized spacial score (nSPS) is 12.9. The minimum absolute atomic E-state index is 0.0691. The van der Waals surface area contributed by atoms with Crippen LogP contribution in [0.25, 0.3) is 5.57 Å². The summed E-state index contributed by atoms with van der Waals surface area (Å²) in [6.45, 7) is 3.25. The lowest BCUT2D eigenvalue weighted by Gasteiger charge is -2.11. The average Bonchev–Trinajstić information content (AvgIpc) is 2.28. The van der Waals surface area contributed by atoms with Crippen LogP contribution in [-0.2, 0) is 0 Å². The molecule has 0 spiro atoms. The van der Waals surface area contributed by atoms with E-state index in [2.05, 4.69) is 0 Å². The molecule has 0 heterocycles. The standard InChI is InChI=1S/C12H14FNO2/c1-3-7(10(15)4-2)11-8(13)5-6-9(14)12(11)16/h3-6,15-16H,14H2,1-2H3/b7-3+,10-4+. The predicted molar refractivity (Wildman–Crippen MR) is 62.5 cm³/mol. The number of allylic oxidation sites excluding steroid dienone is 3. The third kappa shape index (κ3) is 2.00. The van der Waals surface area contributed by atoms with Gasteiger partial charge in [-0.05, 0) is 32.1 Å². The maximum Gasteiger partial charge on any atom is 0.149 e. The zero-order valence-electron chi connectivity index (χ0n) is 9.16. The monoisotopic (exact) mass is 223 g/mol. The second kappa shape index (κ2) is 4.70. The molecule has 0 aliphatic rings. The van der Waals surface area contributed by atoms with Crippen LogP contribution in [0.1, 0.15) is 19.4 Å². The van der Waals surface area contributed by atoms with Gasteiger partial charge in [0, 0.05) is 5.57 Å². The molecule has 0 atom stereocenters. The highest BCUT2D eigenvalue weighted by Gasteiger charge is 2.17. The lowest BCUT2D eigenvalue weighted by molar-refractivity contribution is 0.432. The summed E-state index contributed by atoms with van der Waals surface area (Å²) >= 11 is 0. The van der Waals surface area contributed by atoms with Crippen molar-refractivity contribution in [3.05, 3.63) is 41.4 Å². The molecule has 1 aromatic rings. The van der Waals surface area contributed by atoms with Crippen molar-refractivity contribution in [3.8, 4) is 5.75 Å². The Morgan fingerprint density at radius 2 is 1.94 bits per heavy atom. The number of nitrogens with two attached hydrogens (primary N) is 1. The Morgan fingerprint density at radius 1 is 1.31 bits per heavy atom. The van der Waals surface area contributed by atoms with Crippen LogP contribution >= 0.6 is 0 Å². The van der Waals surface area contributed by atoms with Crippen LogP contribution in [0.5, 0.6) is 5.75 Å². The van der Waals surface area contributed by atoms with Crippen molar-refractivity contribution < 1.29 is 14.6 Å². The quantitative estimate of drug-likeness (QED) is 0.312. The number of anilines is 1. The van der Waals surface area contributed by atoms with Gasteiger partial charge in [0.25, 0.3) is 0 Å². The molecule has 4 heteroatoms. The van der Waals surface area contributed by atoms with E-state index in [9.17, 15) is 14.6 Å². The molecule has 1 aromatic carbocycles. The fourth-order valence-electron chi connectivity index (χ4n) is 1.41. The molecular weight excluding hydrogens is 209 g/mol. The van der Waals surface area contributed by atoms with Crippen molar-refractivity contribution >= 4 is 11.3 Å². The summed E-state index contributed by atoms with van der Waals surface area (Å²) in [5.74, 6) is -1.10. The summed E-state index contributed by atoms with van der Waals surface area (Å²) in [6.07, 6.45) is 2.92. The van der Waals surface area contributed by atoms with E-state index in [1.165, 1.54) is 18.2 Å². The third-order valence-corrected chi connectivity index (χ3v) is 2.27. The number of aromatic hydroxyl groups is 1. The Hall–Kier alpha value is -1.97. The summed E-state index contributed by atoms with van der Waals surface area (Å²) in [5, 5.41) is 19.3. The first-order valence-corrected chi connectivity index (χ1v) is 4.82. The van der Waals surface area contributed by atoms with Gasteiger partial charge in [-0.3, -0.25) is 0 Å². The largest absolute Gasteiger partial charge is 0.508 e. The Kier molecular flexibility index (Phi) is 3.55. The van der Waals surface area contributed by atoms with Crippen LogP contribution in [0.2, 0.25) is 0 Å². The zero-order chi connectivity index (χ0) is 12.3. The fourth-order valence-corrected chi connectivity index (χ4v) is 1.41. The number of aliphatic hydroxyl groups excluding tert-OH is 1. The van der Waals surface area contributed by atoms with E-state index in [-0.39, 0.29) is 28.3 Å². The van der Waals surface area contributed by atoms with Gasteiger partial charge in [-0.2, -0.15) is 0 Å². The second-order valence-electron chi connectivity index (χ2n) is 3.24. The van der Waals surface area contributed by atoms with E-state index in [4.69, 9.17) is 5.73 Å². The molecule has 1 rings (SSSR count). The van der Waals surface area contributed by atoms with Gasteiger partial charge < -0.3 is 15.9 Å². The van der Waals surface area contributed by atoms with Crippen molar-refractivity contribution in [3.63, 3.8) is 0 Å². The van der Waals surface area contributed by atoms with Crippen LogP contribution in [0.15, 0.2) is 30.0 Å². The SMILES string of the molecule is C/C=C(\C(O)=C/C)c1c(F)ccc(N)c1O. The van der Waals surface area contributed by atoms with Gasteiger partial charge in [-0.1, -0.05) is 6.08 Å². The highest BCUT2D eigenvalue weighted by molar-refractivity contribution is 5.83. The van der Waals surface area contributed by atoms with Crippen LogP contribution in [0, 0.1) is 5.82 Å². The van der Waals surface area contributed by atoms with Crippen molar-refractivity contribution in [1.29, 1.82) is 0 Å². The summed E-state index contributed by atoms with van der Waals surface area (Å²) in [4.78, 5) is 0. The molecule has 0 aliphatic carbocycles. The number of hydrogen-bond donors (Lipinski definition) is 3. The zero-order valence-corrected chi connectivity index (χ0v) is 9.16. The smallest absolute Gasteiger partial charge is 0.149 e. The Labute approximate surface area is 93.3 Å². The number of nitrogen functional groups attached to an aromatic ring is 1. The molecule has 0 radical (unpaired) electrons. The predicted octanol–water partition coefficient (Wildman–Crippen LogP) is 2.98. The van der Waals surface area contributed by atoms with E-state index in [1.807, 2.05) is 0 Å². The number of halogens is 1. The Bertz CT molecular complexity index is 464.